The van der Waals surface area contributed by atoms with E-state index in [4.69, 9.17) is 4.74 Å². The Bertz CT molecular complexity index is 323. The third kappa shape index (κ3) is 4.36. The predicted octanol–water partition coefficient (Wildman–Crippen LogP) is 2.29. The highest BCUT2D eigenvalue weighted by atomic mass is 16.5. The molecule has 1 rings (SSSR count). The van der Waals surface area contributed by atoms with Gasteiger partial charge in [-0.2, -0.15) is 0 Å². The second-order valence-electron chi connectivity index (χ2n) is 4.69. The van der Waals surface area contributed by atoms with Gasteiger partial charge in [-0.3, -0.25) is 4.90 Å². The molecule has 0 saturated heterocycles. The number of aromatic hydroxyl groups is 1. The number of hydrogen-bond acceptors (Lipinski definition) is 3. The van der Waals surface area contributed by atoms with Crippen LogP contribution in [-0.4, -0.2) is 42.9 Å². The molecule has 1 aromatic carbocycles. The van der Waals surface area contributed by atoms with Crippen LogP contribution >= 0.6 is 0 Å². The fourth-order valence-electron chi connectivity index (χ4n) is 1.91. The molecule has 2 atom stereocenters. The molecule has 0 saturated carbocycles. The Labute approximate surface area is 104 Å². The van der Waals surface area contributed by atoms with E-state index < -0.39 is 0 Å². The largest absolute Gasteiger partial charge is 0.508 e. The SMILES string of the molecule is COCC(C)N(C)C(C)Cc1ccc(O)cc1. The maximum Gasteiger partial charge on any atom is 0.115 e. The predicted molar refractivity (Wildman–Crippen MR) is 70.4 cm³/mol. The van der Waals surface area contributed by atoms with E-state index in [1.54, 1.807) is 19.2 Å². The number of phenolic OH excluding ortho intramolecular Hbond substituents is 1. The molecule has 1 aromatic rings. The van der Waals surface area contributed by atoms with Crippen LogP contribution in [0.3, 0.4) is 0 Å². The van der Waals surface area contributed by atoms with Crippen LogP contribution < -0.4 is 0 Å². The topological polar surface area (TPSA) is 32.7 Å². The number of phenols is 1. The summed E-state index contributed by atoms with van der Waals surface area (Å²) in [4.78, 5) is 2.32. The Morgan fingerprint density at radius 2 is 1.76 bits per heavy atom. The van der Waals surface area contributed by atoms with Gasteiger partial charge < -0.3 is 9.84 Å². The quantitative estimate of drug-likeness (QED) is 0.824. The summed E-state index contributed by atoms with van der Waals surface area (Å²) in [5.74, 6) is 0.322. The Morgan fingerprint density at radius 3 is 2.29 bits per heavy atom. The molecule has 17 heavy (non-hydrogen) atoms. The van der Waals surface area contributed by atoms with E-state index in [0.717, 1.165) is 13.0 Å². The van der Waals surface area contributed by atoms with E-state index in [9.17, 15) is 5.11 Å². The molecule has 1 N–H and O–H groups in total. The van der Waals surface area contributed by atoms with Gasteiger partial charge in [0.05, 0.1) is 6.61 Å². The van der Waals surface area contributed by atoms with Crippen LogP contribution in [0.15, 0.2) is 24.3 Å². The summed E-state index contributed by atoms with van der Waals surface area (Å²) in [6, 6.07) is 8.28. The minimum absolute atomic E-state index is 0.322. The lowest BCUT2D eigenvalue weighted by Crippen LogP contribution is -2.40. The van der Waals surface area contributed by atoms with Crippen molar-refractivity contribution in [1.29, 1.82) is 0 Å². The molecule has 2 unspecified atom stereocenters. The average molecular weight is 237 g/mol. The van der Waals surface area contributed by atoms with E-state index in [-0.39, 0.29) is 0 Å². The van der Waals surface area contributed by atoms with Gasteiger partial charge in [-0.05, 0) is 45.0 Å². The first-order valence-electron chi connectivity index (χ1n) is 6.03. The molecule has 0 fully saturated rings. The molecule has 0 aliphatic heterocycles. The van der Waals surface area contributed by atoms with Gasteiger partial charge in [0.1, 0.15) is 5.75 Å². The first-order chi connectivity index (χ1) is 8.04. The lowest BCUT2D eigenvalue weighted by molar-refractivity contribution is 0.0939. The Kier molecular flexibility index (Phi) is 5.45. The molecule has 0 aromatic heterocycles. The fraction of sp³-hybridized carbons (Fsp3) is 0.571. The van der Waals surface area contributed by atoms with Crippen LogP contribution in [0.5, 0.6) is 5.75 Å². The number of likely N-dealkylation sites (N-methyl/N-ethyl adjacent to an activating group) is 1. The van der Waals surface area contributed by atoms with Gasteiger partial charge in [0.25, 0.3) is 0 Å². The van der Waals surface area contributed by atoms with Gasteiger partial charge in [-0.15, -0.1) is 0 Å². The first-order valence-corrected chi connectivity index (χ1v) is 6.03. The monoisotopic (exact) mass is 237 g/mol. The van der Waals surface area contributed by atoms with E-state index in [1.807, 2.05) is 12.1 Å². The number of nitrogens with zero attached hydrogens (tertiary/aromatic N) is 1. The number of benzene rings is 1. The van der Waals surface area contributed by atoms with Crippen molar-refractivity contribution in [1.82, 2.24) is 4.90 Å². The first kappa shape index (κ1) is 14.0. The summed E-state index contributed by atoms with van der Waals surface area (Å²) in [5.41, 5.74) is 1.24. The second kappa shape index (κ2) is 6.62. The Morgan fingerprint density at radius 1 is 1.18 bits per heavy atom. The van der Waals surface area contributed by atoms with Crippen LogP contribution in [0.1, 0.15) is 19.4 Å². The summed E-state index contributed by atoms with van der Waals surface area (Å²) in [7, 11) is 3.85. The van der Waals surface area contributed by atoms with Crippen molar-refractivity contribution in [3.8, 4) is 5.75 Å². The van der Waals surface area contributed by atoms with E-state index in [0.29, 0.717) is 17.8 Å². The second-order valence-corrected chi connectivity index (χ2v) is 4.69. The summed E-state index contributed by atoms with van der Waals surface area (Å²) in [5, 5.41) is 9.23. The van der Waals surface area contributed by atoms with Crippen LogP contribution in [0.25, 0.3) is 0 Å². The standard InChI is InChI=1S/C14H23NO2/c1-11(15(3)12(2)10-17-4)9-13-5-7-14(16)8-6-13/h5-8,11-12,16H,9-10H2,1-4H3. The van der Waals surface area contributed by atoms with E-state index in [1.165, 1.54) is 5.56 Å². The molecule has 0 heterocycles. The Hall–Kier alpha value is -1.06. The molecule has 0 spiro atoms. The highest BCUT2D eigenvalue weighted by Crippen LogP contribution is 2.14. The average Bonchev–Trinajstić information content (AvgIpc) is 2.31. The minimum atomic E-state index is 0.322. The lowest BCUT2D eigenvalue weighted by atomic mass is 10.1. The zero-order valence-electron chi connectivity index (χ0n) is 11.2. The molecule has 0 bridgehead atoms. The third-order valence-corrected chi connectivity index (χ3v) is 3.27. The highest BCUT2D eigenvalue weighted by Gasteiger charge is 2.15. The van der Waals surface area contributed by atoms with Gasteiger partial charge in [-0.25, -0.2) is 0 Å². The zero-order chi connectivity index (χ0) is 12.8. The zero-order valence-corrected chi connectivity index (χ0v) is 11.2. The molecule has 0 radical (unpaired) electrons. The minimum Gasteiger partial charge on any atom is -0.508 e. The van der Waals surface area contributed by atoms with Crippen LogP contribution in [0, 0.1) is 0 Å². The van der Waals surface area contributed by atoms with Crippen molar-refractivity contribution in [3.63, 3.8) is 0 Å². The van der Waals surface area contributed by atoms with Gasteiger partial charge in [0.2, 0.25) is 0 Å². The maximum absolute atomic E-state index is 9.23. The highest BCUT2D eigenvalue weighted by molar-refractivity contribution is 5.26. The third-order valence-electron chi connectivity index (χ3n) is 3.27. The van der Waals surface area contributed by atoms with Gasteiger partial charge in [0.15, 0.2) is 0 Å². The number of rotatable bonds is 6. The summed E-state index contributed by atoms with van der Waals surface area (Å²) in [6.45, 7) is 5.12. The van der Waals surface area contributed by atoms with Crippen molar-refractivity contribution in [2.24, 2.45) is 0 Å². The van der Waals surface area contributed by atoms with E-state index >= 15 is 0 Å². The maximum atomic E-state index is 9.23. The molecular formula is C14H23NO2. The fourth-order valence-corrected chi connectivity index (χ4v) is 1.91. The number of ether oxygens (including phenoxy) is 1. The van der Waals surface area contributed by atoms with Crippen LogP contribution in [0.4, 0.5) is 0 Å². The van der Waals surface area contributed by atoms with Gasteiger partial charge in [0, 0.05) is 19.2 Å². The lowest BCUT2D eigenvalue weighted by Gasteiger charge is -2.30. The molecular weight excluding hydrogens is 214 g/mol. The summed E-state index contributed by atoms with van der Waals surface area (Å²) < 4.78 is 5.17. The normalized spacial score (nSPS) is 14.9. The van der Waals surface area contributed by atoms with Crippen LogP contribution in [0.2, 0.25) is 0 Å². The number of hydrogen-bond donors (Lipinski definition) is 1. The summed E-state index contributed by atoms with van der Waals surface area (Å²) >= 11 is 0. The summed E-state index contributed by atoms with van der Waals surface area (Å²) in [6.07, 6.45) is 0.977. The van der Waals surface area contributed by atoms with Crippen molar-refractivity contribution in [3.05, 3.63) is 29.8 Å². The van der Waals surface area contributed by atoms with Crippen molar-refractivity contribution >= 4 is 0 Å². The van der Waals surface area contributed by atoms with Gasteiger partial charge >= 0.3 is 0 Å². The molecule has 0 amide bonds. The van der Waals surface area contributed by atoms with Crippen molar-refractivity contribution in [2.75, 3.05) is 20.8 Å². The molecule has 3 nitrogen and oxygen atoms in total. The molecule has 3 heteroatoms. The van der Waals surface area contributed by atoms with Crippen molar-refractivity contribution in [2.45, 2.75) is 32.4 Å². The molecule has 0 aliphatic rings. The van der Waals surface area contributed by atoms with Crippen molar-refractivity contribution < 1.29 is 9.84 Å². The Balaban J connectivity index is 2.53. The molecule has 0 aliphatic carbocycles. The van der Waals surface area contributed by atoms with Gasteiger partial charge in [-0.1, -0.05) is 12.1 Å². The smallest absolute Gasteiger partial charge is 0.115 e. The number of methoxy groups -OCH3 is 1. The van der Waals surface area contributed by atoms with E-state index in [2.05, 4.69) is 25.8 Å². The molecule has 96 valence electrons. The van der Waals surface area contributed by atoms with Crippen LogP contribution in [-0.2, 0) is 11.2 Å².